The number of nitrogens with one attached hydrogen (secondary N) is 2. The summed E-state index contributed by atoms with van der Waals surface area (Å²) in [5, 5.41) is 5.97. The van der Waals surface area contributed by atoms with Crippen LogP contribution >= 0.6 is 49.6 Å². The number of nitrogens with zero attached hydrogens (tertiary/aromatic N) is 2. The average molecular weight is 410 g/mol. The van der Waals surface area contributed by atoms with E-state index in [1.54, 1.807) is 0 Å². The van der Waals surface area contributed by atoms with Crippen molar-refractivity contribution in [1.29, 1.82) is 0 Å². The molecule has 2 saturated heterocycles. The highest BCUT2D eigenvalue weighted by Crippen LogP contribution is 2.08. The van der Waals surface area contributed by atoms with Crippen LogP contribution in [0.15, 0.2) is 0 Å². The van der Waals surface area contributed by atoms with Crippen LogP contribution in [0.5, 0.6) is 0 Å². The van der Waals surface area contributed by atoms with Gasteiger partial charge in [0.15, 0.2) is 0 Å². The van der Waals surface area contributed by atoms with Crippen LogP contribution in [-0.2, 0) is 0 Å². The zero-order valence-electron chi connectivity index (χ0n) is 13.4. The molecule has 4 atom stereocenters. The molecule has 2 fully saturated rings. The molecule has 2 aliphatic heterocycles. The Balaban J connectivity index is -0.000000125. The van der Waals surface area contributed by atoms with E-state index in [0.29, 0.717) is 13.1 Å². The van der Waals surface area contributed by atoms with Gasteiger partial charge >= 0.3 is 0 Å². The maximum absolute atomic E-state index is 12.7. The first-order valence-corrected chi connectivity index (χ1v) is 6.46. The van der Waals surface area contributed by atoms with Crippen molar-refractivity contribution < 1.29 is 8.78 Å². The Kier molecular flexibility index (Phi) is 21.5. The maximum Gasteiger partial charge on any atom is 0.129 e. The molecular formula is C12H30Cl4F2N4. The first-order chi connectivity index (χ1) is 8.43. The van der Waals surface area contributed by atoms with Gasteiger partial charge in [0.1, 0.15) is 12.3 Å². The number of likely N-dealkylation sites (N-methyl/N-ethyl adjacent to an activating group) is 2. The third-order valence-electron chi connectivity index (χ3n) is 3.55. The van der Waals surface area contributed by atoms with Gasteiger partial charge in [-0.3, -0.25) is 0 Å². The number of hydrogen-bond acceptors (Lipinski definition) is 4. The van der Waals surface area contributed by atoms with E-state index in [4.69, 9.17) is 0 Å². The second-order valence-electron chi connectivity index (χ2n) is 5.41. The molecule has 0 bridgehead atoms. The quantitative estimate of drug-likeness (QED) is 0.721. The predicted octanol–water partition coefficient (Wildman–Crippen LogP) is 1.40. The van der Waals surface area contributed by atoms with Crippen LogP contribution in [0.25, 0.3) is 0 Å². The lowest BCUT2D eigenvalue weighted by molar-refractivity contribution is 0.202. The molecule has 4 nitrogen and oxygen atoms in total. The van der Waals surface area contributed by atoms with Gasteiger partial charge in [0, 0.05) is 26.2 Å². The molecule has 0 aliphatic carbocycles. The van der Waals surface area contributed by atoms with Crippen LogP contribution in [0.3, 0.4) is 0 Å². The van der Waals surface area contributed by atoms with Crippen LogP contribution in [0, 0.1) is 0 Å². The van der Waals surface area contributed by atoms with Gasteiger partial charge in [-0.2, -0.15) is 0 Å². The third-order valence-corrected chi connectivity index (χ3v) is 3.55. The molecule has 0 spiro atoms. The lowest BCUT2D eigenvalue weighted by Gasteiger charge is -2.19. The van der Waals surface area contributed by atoms with E-state index in [0.717, 1.165) is 13.1 Å². The smallest absolute Gasteiger partial charge is 0.129 e. The van der Waals surface area contributed by atoms with Gasteiger partial charge in [0.2, 0.25) is 0 Å². The van der Waals surface area contributed by atoms with Crippen LogP contribution in [-0.4, -0.2) is 88.6 Å². The predicted molar refractivity (Wildman–Crippen MR) is 99.5 cm³/mol. The van der Waals surface area contributed by atoms with Crippen molar-refractivity contribution in [3.05, 3.63) is 0 Å². The zero-order chi connectivity index (χ0) is 13.7. The third kappa shape index (κ3) is 9.88. The molecule has 2 rings (SSSR count). The summed E-state index contributed by atoms with van der Waals surface area (Å²) in [6.07, 6.45) is -1.36. The Hall–Kier alpha value is 0.860. The van der Waals surface area contributed by atoms with E-state index in [-0.39, 0.29) is 61.7 Å². The highest BCUT2D eigenvalue weighted by atomic mass is 35.5. The fraction of sp³-hybridized carbons (Fsp3) is 1.00. The van der Waals surface area contributed by atoms with Crippen LogP contribution < -0.4 is 10.6 Å². The van der Waals surface area contributed by atoms with Gasteiger partial charge in [-0.15, -0.1) is 49.6 Å². The van der Waals surface area contributed by atoms with Crippen LogP contribution in [0.4, 0.5) is 8.78 Å². The summed E-state index contributed by atoms with van der Waals surface area (Å²) in [5.41, 5.74) is 0. The molecule has 0 aromatic carbocycles. The monoisotopic (exact) mass is 408 g/mol. The topological polar surface area (TPSA) is 30.5 Å². The van der Waals surface area contributed by atoms with E-state index < -0.39 is 12.3 Å². The molecular weight excluding hydrogens is 380 g/mol. The van der Waals surface area contributed by atoms with Gasteiger partial charge in [0.25, 0.3) is 0 Å². The highest BCUT2D eigenvalue weighted by Gasteiger charge is 2.28. The second kappa shape index (κ2) is 15.4. The van der Waals surface area contributed by atoms with E-state index >= 15 is 0 Å². The number of halogens is 6. The van der Waals surface area contributed by atoms with Gasteiger partial charge < -0.3 is 20.4 Å². The fourth-order valence-electron chi connectivity index (χ4n) is 2.28. The van der Waals surface area contributed by atoms with Crippen molar-refractivity contribution in [3.8, 4) is 0 Å². The van der Waals surface area contributed by atoms with Gasteiger partial charge in [-0.05, 0) is 28.2 Å². The number of alkyl halides is 2. The molecule has 10 heteroatoms. The van der Waals surface area contributed by atoms with Crippen molar-refractivity contribution in [2.24, 2.45) is 0 Å². The summed E-state index contributed by atoms with van der Waals surface area (Å²) in [5.74, 6) is 0. The molecule has 0 aromatic heterocycles. The molecule has 140 valence electrons. The molecule has 0 aromatic rings. The maximum atomic E-state index is 12.7. The zero-order valence-corrected chi connectivity index (χ0v) is 16.7. The van der Waals surface area contributed by atoms with Gasteiger partial charge in [0.05, 0.1) is 12.1 Å². The van der Waals surface area contributed by atoms with Crippen LogP contribution in [0.1, 0.15) is 0 Å². The SMILES string of the molecule is CN(C)[C@@H]1CNC[C@@H]1F.CN(C)[C@H]1CNC[C@H]1F.Cl.Cl.Cl.Cl. The lowest BCUT2D eigenvalue weighted by atomic mass is 10.2. The summed E-state index contributed by atoms with van der Waals surface area (Å²) in [7, 11) is 7.63. The van der Waals surface area contributed by atoms with Crippen molar-refractivity contribution in [2.75, 3.05) is 54.4 Å². The number of hydrogen-bond donors (Lipinski definition) is 2. The fourth-order valence-corrected chi connectivity index (χ4v) is 2.28. The minimum atomic E-state index is -0.681. The molecule has 0 saturated carbocycles. The first-order valence-electron chi connectivity index (χ1n) is 6.46. The Morgan fingerprint density at radius 3 is 1.00 bits per heavy atom. The van der Waals surface area contributed by atoms with E-state index in [1.165, 1.54) is 0 Å². The summed E-state index contributed by atoms with van der Waals surface area (Å²) >= 11 is 0. The second-order valence-corrected chi connectivity index (χ2v) is 5.41. The summed E-state index contributed by atoms with van der Waals surface area (Å²) < 4.78 is 25.5. The molecule has 0 amide bonds. The molecule has 2 N–H and O–H groups in total. The standard InChI is InChI=1S/2C6H13FN2.4ClH/c2*1-9(2)6-4-8-3-5(6)7;;;;/h2*5-6,8H,3-4H2,1-2H3;4*1H/t2*5-,6+;;;;/m10..../s1. The average Bonchev–Trinajstić information content (AvgIpc) is 2.87. The number of rotatable bonds is 2. The van der Waals surface area contributed by atoms with Gasteiger partial charge in [-0.25, -0.2) is 8.78 Å². The summed E-state index contributed by atoms with van der Waals surface area (Å²) in [6.45, 7) is 2.61. The molecule has 0 unspecified atom stereocenters. The van der Waals surface area contributed by atoms with Gasteiger partial charge in [-0.1, -0.05) is 0 Å². The van der Waals surface area contributed by atoms with Crippen molar-refractivity contribution in [2.45, 2.75) is 24.4 Å². The van der Waals surface area contributed by atoms with Crippen LogP contribution in [0.2, 0.25) is 0 Å². The van der Waals surface area contributed by atoms with E-state index in [9.17, 15) is 8.78 Å². The van der Waals surface area contributed by atoms with E-state index in [2.05, 4.69) is 10.6 Å². The van der Waals surface area contributed by atoms with Crippen molar-refractivity contribution in [3.63, 3.8) is 0 Å². The Labute approximate surface area is 157 Å². The largest absolute Gasteiger partial charge is 0.312 e. The highest BCUT2D eigenvalue weighted by molar-refractivity contribution is 5.86. The van der Waals surface area contributed by atoms with E-state index in [1.807, 2.05) is 38.0 Å². The van der Waals surface area contributed by atoms with Crippen molar-refractivity contribution in [1.82, 2.24) is 20.4 Å². The molecule has 2 heterocycles. The molecule has 22 heavy (non-hydrogen) atoms. The van der Waals surface area contributed by atoms with Crippen molar-refractivity contribution >= 4 is 49.6 Å². The Bertz CT molecular complexity index is 229. The molecule has 0 radical (unpaired) electrons. The normalized spacial score (nSPS) is 29.5. The minimum absolute atomic E-state index is 0. The summed E-state index contributed by atoms with van der Waals surface area (Å²) in [4.78, 5) is 3.84. The lowest BCUT2D eigenvalue weighted by Crippen LogP contribution is -2.35. The summed E-state index contributed by atoms with van der Waals surface area (Å²) in [6, 6.07) is 0.176. The minimum Gasteiger partial charge on any atom is -0.312 e. The first kappa shape index (κ1) is 30.7. The Morgan fingerprint density at radius 1 is 0.636 bits per heavy atom. The molecule has 2 aliphatic rings. The Morgan fingerprint density at radius 2 is 0.909 bits per heavy atom.